The lowest BCUT2D eigenvalue weighted by Crippen LogP contribution is -2.46. The lowest BCUT2D eigenvalue weighted by molar-refractivity contribution is -0.119. The number of rotatable bonds is 4. The number of carbonyl (C=O) groups excluding carboxylic acids is 1. The number of hydrogen-bond acceptors (Lipinski definition) is 5. The van der Waals surface area contributed by atoms with Crippen LogP contribution in [0.2, 0.25) is 10.0 Å². The highest BCUT2D eigenvalue weighted by molar-refractivity contribution is 6.40. The largest absolute Gasteiger partial charge is 0.508 e. The third-order valence-corrected chi connectivity index (χ3v) is 6.26. The number of phenolic OH excluding ortho intramolecular Hbond substituents is 1. The van der Waals surface area contributed by atoms with Crippen LogP contribution in [0.3, 0.4) is 0 Å². The molecule has 1 unspecified atom stereocenters. The molecule has 8 heteroatoms. The molecule has 0 spiro atoms. The minimum absolute atomic E-state index is 0.183. The number of nitrogens with one attached hydrogen (secondary N) is 1. The van der Waals surface area contributed by atoms with Gasteiger partial charge in [-0.2, -0.15) is 5.10 Å². The van der Waals surface area contributed by atoms with Crippen molar-refractivity contribution in [3.8, 4) is 5.75 Å². The molecular formula is C23H26Cl2N4O2. The summed E-state index contributed by atoms with van der Waals surface area (Å²) in [6, 6.07) is 12.0. The molecule has 0 aromatic heterocycles. The summed E-state index contributed by atoms with van der Waals surface area (Å²) in [6.45, 7) is 1.71. The fourth-order valence-corrected chi connectivity index (χ4v) is 4.56. The van der Waals surface area contributed by atoms with Crippen molar-refractivity contribution in [3.63, 3.8) is 0 Å². The first-order valence-corrected chi connectivity index (χ1v) is 11.4. The Morgan fingerprint density at radius 1 is 1.00 bits per heavy atom. The summed E-state index contributed by atoms with van der Waals surface area (Å²) in [7, 11) is 0. The number of aromatic hydroxyl groups is 1. The maximum absolute atomic E-state index is 13.1. The van der Waals surface area contributed by atoms with E-state index in [1.807, 2.05) is 17.1 Å². The van der Waals surface area contributed by atoms with Crippen LogP contribution in [0.25, 0.3) is 0 Å². The molecule has 1 fully saturated rings. The Hall–Kier alpha value is -2.28. The van der Waals surface area contributed by atoms with E-state index in [1.54, 1.807) is 35.3 Å². The zero-order chi connectivity index (χ0) is 21.8. The minimum atomic E-state index is -0.215. The zero-order valence-electron chi connectivity index (χ0n) is 17.2. The lowest BCUT2D eigenvalue weighted by atomic mass is 10.0. The molecule has 2 heterocycles. The van der Waals surface area contributed by atoms with E-state index < -0.39 is 0 Å². The van der Waals surface area contributed by atoms with Gasteiger partial charge in [-0.3, -0.25) is 15.2 Å². The zero-order valence-corrected chi connectivity index (χ0v) is 18.7. The molecule has 0 radical (unpaired) electrons. The average Bonchev–Trinajstić information content (AvgIpc) is 3.15. The Morgan fingerprint density at radius 3 is 2.35 bits per heavy atom. The number of phenols is 1. The number of hydrazine groups is 1. The number of nitrogens with zero attached hydrogens (tertiary/aromatic N) is 3. The Labute approximate surface area is 192 Å². The molecule has 6 nitrogen and oxygen atoms in total. The molecule has 2 N–H and O–H groups in total. The quantitative estimate of drug-likeness (QED) is 0.648. The first-order chi connectivity index (χ1) is 15.0. The molecule has 164 valence electrons. The van der Waals surface area contributed by atoms with Gasteiger partial charge >= 0.3 is 0 Å². The molecule has 2 aromatic rings. The highest BCUT2D eigenvalue weighted by atomic mass is 35.5. The van der Waals surface area contributed by atoms with E-state index >= 15 is 0 Å². The molecule has 1 atom stereocenters. The van der Waals surface area contributed by atoms with Crippen molar-refractivity contribution < 1.29 is 9.90 Å². The van der Waals surface area contributed by atoms with Crippen LogP contribution in [0.15, 0.2) is 47.6 Å². The Kier molecular flexibility index (Phi) is 7.00. The van der Waals surface area contributed by atoms with E-state index in [2.05, 4.69) is 10.5 Å². The molecule has 0 bridgehead atoms. The molecule has 1 amide bonds. The van der Waals surface area contributed by atoms with Gasteiger partial charge in [0.2, 0.25) is 0 Å². The van der Waals surface area contributed by atoms with Crippen LogP contribution in [0, 0.1) is 0 Å². The normalized spacial score (nSPS) is 20.1. The van der Waals surface area contributed by atoms with Gasteiger partial charge in [0.05, 0.1) is 16.8 Å². The molecule has 1 saturated heterocycles. The third-order valence-electron chi connectivity index (χ3n) is 5.72. The van der Waals surface area contributed by atoms with Gasteiger partial charge in [0.15, 0.2) is 0 Å². The molecule has 2 aromatic carbocycles. The highest BCUT2D eigenvalue weighted by Gasteiger charge is 2.34. The van der Waals surface area contributed by atoms with Crippen LogP contribution >= 0.6 is 23.2 Å². The SMILES string of the molecule is O=C(NN1CCCCCCC1)C1=NN(c2ccc(Cl)cc2Cl)C(c2ccc(O)cc2)C1. The summed E-state index contributed by atoms with van der Waals surface area (Å²) in [4.78, 5) is 13.1. The Bertz CT molecular complexity index is 957. The molecule has 0 saturated carbocycles. The predicted molar refractivity (Wildman–Crippen MR) is 125 cm³/mol. The van der Waals surface area contributed by atoms with Crippen LogP contribution in [-0.4, -0.2) is 34.8 Å². The van der Waals surface area contributed by atoms with Crippen LogP contribution in [0.1, 0.15) is 50.1 Å². The first kappa shape index (κ1) is 21.9. The third kappa shape index (κ3) is 5.32. The van der Waals surface area contributed by atoms with E-state index in [0.717, 1.165) is 31.5 Å². The summed E-state index contributed by atoms with van der Waals surface area (Å²) >= 11 is 12.5. The summed E-state index contributed by atoms with van der Waals surface area (Å²) in [5.41, 5.74) is 5.11. The van der Waals surface area contributed by atoms with Crippen molar-refractivity contribution >= 4 is 40.5 Å². The van der Waals surface area contributed by atoms with Crippen LogP contribution in [0.4, 0.5) is 5.69 Å². The van der Waals surface area contributed by atoms with E-state index in [0.29, 0.717) is 27.9 Å². The van der Waals surface area contributed by atoms with Crippen LogP contribution in [0.5, 0.6) is 5.75 Å². The van der Waals surface area contributed by atoms with Crippen molar-refractivity contribution in [1.82, 2.24) is 10.4 Å². The summed E-state index contributed by atoms with van der Waals surface area (Å²) in [5.74, 6) is 0.00530. The van der Waals surface area contributed by atoms with E-state index in [9.17, 15) is 9.90 Å². The number of halogens is 2. The topological polar surface area (TPSA) is 68.2 Å². The molecule has 4 rings (SSSR count). The van der Waals surface area contributed by atoms with Gasteiger partial charge in [0.25, 0.3) is 5.91 Å². The standard InChI is InChI=1S/C23H26Cl2N4O2/c24-17-8-11-21(19(25)14-17)29-22(16-6-9-18(30)10-7-16)15-20(26-29)23(31)27-28-12-4-2-1-3-5-13-28/h6-11,14,22,30H,1-5,12-13,15H2,(H,27,31). The number of anilines is 1. The highest BCUT2D eigenvalue weighted by Crippen LogP contribution is 2.40. The second-order valence-electron chi connectivity index (χ2n) is 7.99. The maximum Gasteiger partial charge on any atom is 0.281 e. The van der Waals surface area contributed by atoms with Crippen molar-refractivity contribution in [1.29, 1.82) is 0 Å². The summed E-state index contributed by atoms with van der Waals surface area (Å²) in [5, 5.41) is 19.1. The predicted octanol–water partition coefficient (Wildman–Crippen LogP) is 5.30. The Morgan fingerprint density at radius 2 is 1.68 bits per heavy atom. The second-order valence-corrected chi connectivity index (χ2v) is 8.84. The maximum atomic E-state index is 13.1. The van der Waals surface area contributed by atoms with Gasteiger partial charge in [-0.25, -0.2) is 5.01 Å². The minimum Gasteiger partial charge on any atom is -0.508 e. The number of amides is 1. The van der Waals surface area contributed by atoms with Crippen LogP contribution < -0.4 is 10.4 Å². The van der Waals surface area contributed by atoms with Crippen molar-refractivity contribution in [2.75, 3.05) is 18.1 Å². The van der Waals surface area contributed by atoms with Crippen molar-refractivity contribution in [3.05, 3.63) is 58.1 Å². The molecular weight excluding hydrogens is 435 g/mol. The first-order valence-electron chi connectivity index (χ1n) is 10.7. The molecule has 31 heavy (non-hydrogen) atoms. The summed E-state index contributed by atoms with van der Waals surface area (Å²) in [6.07, 6.45) is 6.24. The van der Waals surface area contributed by atoms with Gasteiger partial charge in [0, 0.05) is 24.5 Å². The van der Waals surface area contributed by atoms with E-state index in [4.69, 9.17) is 23.2 Å². The number of carbonyl (C=O) groups is 1. The van der Waals surface area contributed by atoms with Gasteiger partial charge < -0.3 is 5.11 Å². The van der Waals surface area contributed by atoms with Gasteiger partial charge in [-0.05, 0) is 48.7 Å². The monoisotopic (exact) mass is 460 g/mol. The summed E-state index contributed by atoms with van der Waals surface area (Å²) < 4.78 is 0. The fourth-order valence-electron chi connectivity index (χ4n) is 4.06. The average molecular weight is 461 g/mol. The smallest absolute Gasteiger partial charge is 0.281 e. The van der Waals surface area contributed by atoms with Crippen molar-refractivity contribution in [2.45, 2.75) is 44.6 Å². The second kappa shape index (κ2) is 9.90. The molecule has 0 aliphatic carbocycles. The van der Waals surface area contributed by atoms with E-state index in [-0.39, 0.29) is 17.7 Å². The van der Waals surface area contributed by atoms with Crippen LogP contribution in [-0.2, 0) is 4.79 Å². The number of hydrazone groups is 1. The van der Waals surface area contributed by atoms with Gasteiger partial charge in [-0.1, -0.05) is 54.6 Å². The fraction of sp³-hybridized carbons (Fsp3) is 0.391. The molecule has 2 aliphatic heterocycles. The Balaban J connectivity index is 1.58. The van der Waals surface area contributed by atoms with Gasteiger partial charge in [-0.15, -0.1) is 0 Å². The van der Waals surface area contributed by atoms with E-state index in [1.165, 1.54) is 19.3 Å². The lowest BCUT2D eigenvalue weighted by Gasteiger charge is -2.25. The number of benzene rings is 2. The van der Waals surface area contributed by atoms with Crippen molar-refractivity contribution in [2.24, 2.45) is 5.10 Å². The van der Waals surface area contributed by atoms with Gasteiger partial charge in [0.1, 0.15) is 11.5 Å². The number of hydrogen-bond donors (Lipinski definition) is 2. The molecule has 2 aliphatic rings.